The molecular weight excluding hydrogens is 203 g/mol. The summed E-state index contributed by atoms with van der Waals surface area (Å²) >= 11 is 0. The van der Waals surface area contributed by atoms with Gasteiger partial charge in [0.2, 0.25) is 0 Å². The largest absolute Gasteiger partial charge is 0.311 e. The van der Waals surface area contributed by atoms with E-state index < -0.39 is 0 Å². The molecule has 3 heteroatoms. The molecule has 1 aromatic carbocycles. The fourth-order valence-corrected chi connectivity index (χ4v) is 1.35. The zero-order chi connectivity index (χ0) is 12.1. The lowest BCUT2D eigenvalue weighted by atomic mass is 10.1. The van der Waals surface area contributed by atoms with Crippen LogP contribution in [0.2, 0.25) is 0 Å². The molecule has 1 rings (SSSR count). The van der Waals surface area contributed by atoms with Crippen molar-refractivity contribution in [3.63, 3.8) is 0 Å². The van der Waals surface area contributed by atoms with E-state index in [4.69, 9.17) is 0 Å². The molecule has 0 aromatic heterocycles. The first-order valence-corrected chi connectivity index (χ1v) is 5.63. The molecule has 0 aliphatic heterocycles. The lowest BCUT2D eigenvalue weighted by Crippen LogP contribution is -2.35. The van der Waals surface area contributed by atoms with Crippen molar-refractivity contribution in [3.8, 4) is 0 Å². The van der Waals surface area contributed by atoms with E-state index in [-0.39, 0.29) is 5.82 Å². The first kappa shape index (κ1) is 13.1. The molecule has 0 saturated heterocycles. The highest BCUT2D eigenvalue weighted by molar-refractivity contribution is 5.23. The molecule has 0 bridgehead atoms. The minimum absolute atomic E-state index is 0.125. The third-order valence-electron chi connectivity index (χ3n) is 2.89. The van der Waals surface area contributed by atoms with E-state index in [1.807, 2.05) is 12.1 Å². The molecule has 0 heterocycles. The number of aryl methyl sites for hydroxylation is 1. The fraction of sp³-hybridized carbons (Fsp3) is 0.538. The maximum Gasteiger partial charge on any atom is 0.126 e. The summed E-state index contributed by atoms with van der Waals surface area (Å²) in [5.41, 5.74) is 1.69. The average molecular weight is 224 g/mol. The highest BCUT2D eigenvalue weighted by atomic mass is 19.1. The van der Waals surface area contributed by atoms with E-state index in [0.29, 0.717) is 11.6 Å². The van der Waals surface area contributed by atoms with Crippen molar-refractivity contribution in [1.82, 2.24) is 10.2 Å². The van der Waals surface area contributed by atoms with Gasteiger partial charge in [0, 0.05) is 19.1 Å². The minimum Gasteiger partial charge on any atom is -0.311 e. The fourth-order valence-electron chi connectivity index (χ4n) is 1.35. The maximum absolute atomic E-state index is 13.3. The summed E-state index contributed by atoms with van der Waals surface area (Å²) in [7, 11) is 4.11. The van der Waals surface area contributed by atoms with E-state index in [2.05, 4.69) is 31.2 Å². The van der Waals surface area contributed by atoms with Crippen molar-refractivity contribution in [2.75, 3.05) is 20.6 Å². The summed E-state index contributed by atoms with van der Waals surface area (Å²) in [5.74, 6) is -0.125. The Balaban J connectivity index is 2.40. The van der Waals surface area contributed by atoms with Crippen LogP contribution in [0.1, 0.15) is 18.1 Å². The zero-order valence-corrected chi connectivity index (χ0v) is 10.5. The standard InChI is InChI=1S/C13H21FN2/c1-10-5-6-12(7-13(10)14)9-15-8-11(2)16(3)4/h5-7,11,15H,8-9H2,1-4H3. The molecule has 0 aliphatic carbocycles. The van der Waals surface area contributed by atoms with E-state index in [9.17, 15) is 4.39 Å². The molecule has 0 radical (unpaired) electrons. The minimum atomic E-state index is -0.125. The normalized spacial score (nSPS) is 13.1. The number of nitrogens with one attached hydrogen (secondary N) is 1. The van der Waals surface area contributed by atoms with Gasteiger partial charge in [-0.15, -0.1) is 0 Å². The zero-order valence-electron chi connectivity index (χ0n) is 10.5. The second-order valence-corrected chi connectivity index (χ2v) is 4.53. The smallest absolute Gasteiger partial charge is 0.126 e. The van der Waals surface area contributed by atoms with Crippen molar-refractivity contribution in [1.29, 1.82) is 0 Å². The molecule has 1 N–H and O–H groups in total. The summed E-state index contributed by atoms with van der Waals surface area (Å²) in [6.45, 7) is 5.56. The first-order chi connectivity index (χ1) is 7.50. The summed E-state index contributed by atoms with van der Waals surface area (Å²) < 4.78 is 13.3. The SMILES string of the molecule is Cc1ccc(CNCC(C)N(C)C)cc1F. The number of nitrogens with zero attached hydrogens (tertiary/aromatic N) is 1. The Morgan fingerprint density at radius 1 is 1.38 bits per heavy atom. The average Bonchev–Trinajstić information content (AvgIpc) is 2.23. The maximum atomic E-state index is 13.3. The van der Waals surface area contributed by atoms with Gasteiger partial charge in [0.05, 0.1) is 0 Å². The van der Waals surface area contributed by atoms with Crippen LogP contribution in [0.15, 0.2) is 18.2 Å². The monoisotopic (exact) mass is 224 g/mol. The number of halogens is 1. The second-order valence-electron chi connectivity index (χ2n) is 4.53. The Morgan fingerprint density at radius 3 is 2.62 bits per heavy atom. The van der Waals surface area contributed by atoms with Crippen LogP contribution in [0.25, 0.3) is 0 Å². The van der Waals surface area contributed by atoms with Gasteiger partial charge in [0.1, 0.15) is 5.82 Å². The van der Waals surface area contributed by atoms with Gasteiger partial charge in [-0.05, 0) is 45.1 Å². The molecule has 16 heavy (non-hydrogen) atoms. The van der Waals surface area contributed by atoms with Crippen molar-refractivity contribution in [3.05, 3.63) is 35.1 Å². The van der Waals surface area contributed by atoms with Gasteiger partial charge < -0.3 is 10.2 Å². The quantitative estimate of drug-likeness (QED) is 0.824. The third kappa shape index (κ3) is 3.91. The molecule has 2 nitrogen and oxygen atoms in total. The Bertz CT molecular complexity index is 337. The van der Waals surface area contributed by atoms with Crippen molar-refractivity contribution in [2.45, 2.75) is 26.4 Å². The van der Waals surface area contributed by atoms with Crippen LogP contribution >= 0.6 is 0 Å². The van der Waals surface area contributed by atoms with E-state index in [0.717, 1.165) is 18.7 Å². The summed E-state index contributed by atoms with van der Waals surface area (Å²) in [6.07, 6.45) is 0. The van der Waals surface area contributed by atoms with Crippen LogP contribution in [-0.4, -0.2) is 31.6 Å². The topological polar surface area (TPSA) is 15.3 Å². The summed E-state index contributed by atoms with van der Waals surface area (Å²) in [5, 5.41) is 3.32. The molecular formula is C13H21FN2. The predicted molar refractivity (Wildman–Crippen MR) is 66.0 cm³/mol. The number of hydrogen-bond acceptors (Lipinski definition) is 2. The number of hydrogen-bond donors (Lipinski definition) is 1. The Hall–Kier alpha value is -0.930. The molecule has 1 atom stereocenters. The summed E-state index contributed by atoms with van der Waals surface area (Å²) in [6, 6.07) is 5.87. The van der Waals surface area contributed by atoms with Crippen molar-refractivity contribution >= 4 is 0 Å². The molecule has 0 aliphatic rings. The Morgan fingerprint density at radius 2 is 2.06 bits per heavy atom. The third-order valence-corrected chi connectivity index (χ3v) is 2.89. The molecule has 0 saturated carbocycles. The van der Waals surface area contributed by atoms with Gasteiger partial charge in [0.15, 0.2) is 0 Å². The van der Waals surface area contributed by atoms with Crippen LogP contribution in [0.4, 0.5) is 4.39 Å². The Kier molecular flexibility index (Phi) is 4.90. The highest BCUT2D eigenvalue weighted by Crippen LogP contribution is 2.08. The van der Waals surface area contributed by atoms with Crippen molar-refractivity contribution < 1.29 is 4.39 Å². The van der Waals surface area contributed by atoms with Crippen molar-refractivity contribution in [2.24, 2.45) is 0 Å². The molecule has 0 spiro atoms. The molecule has 0 amide bonds. The van der Waals surface area contributed by atoms with E-state index in [1.165, 1.54) is 0 Å². The van der Waals surface area contributed by atoms with Crippen LogP contribution in [0, 0.1) is 12.7 Å². The lowest BCUT2D eigenvalue weighted by Gasteiger charge is -2.20. The van der Waals surface area contributed by atoms with Crippen LogP contribution in [-0.2, 0) is 6.54 Å². The van der Waals surface area contributed by atoms with E-state index >= 15 is 0 Å². The van der Waals surface area contributed by atoms with Gasteiger partial charge in [-0.2, -0.15) is 0 Å². The molecule has 0 fully saturated rings. The molecule has 1 aromatic rings. The van der Waals surface area contributed by atoms with Gasteiger partial charge in [-0.25, -0.2) is 4.39 Å². The lowest BCUT2D eigenvalue weighted by molar-refractivity contribution is 0.302. The Labute approximate surface area is 97.5 Å². The van der Waals surface area contributed by atoms with Gasteiger partial charge in [0.25, 0.3) is 0 Å². The van der Waals surface area contributed by atoms with Gasteiger partial charge in [-0.3, -0.25) is 0 Å². The van der Waals surface area contributed by atoms with Crippen LogP contribution in [0.5, 0.6) is 0 Å². The van der Waals surface area contributed by atoms with Gasteiger partial charge >= 0.3 is 0 Å². The molecule has 1 unspecified atom stereocenters. The summed E-state index contributed by atoms with van der Waals surface area (Å²) in [4.78, 5) is 2.16. The number of rotatable bonds is 5. The van der Waals surface area contributed by atoms with Crippen LogP contribution < -0.4 is 5.32 Å². The predicted octanol–water partition coefficient (Wildman–Crippen LogP) is 2.17. The highest BCUT2D eigenvalue weighted by Gasteiger charge is 2.04. The second kappa shape index (κ2) is 5.97. The van der Waals surface area contributed by atoms with Gasteiger partial charge in [-0.1, -0.05) is 12.1 Å². The first-order valence-electron chi connectivity index (χ1n) is 5.63. The van der Waals surface area contributed by atoms with E-state index in [1.54, 1.807) is 13.0 Å². The molecule has 90 valence electrons. The number of benzene rings is 1. The number of likely N-dealkylation sites (N-methyl/N-ethyl adjacent to an activating group) is 1. The van der Waals surface area contributed by atoms with Crippen LogP contribution in [0.3, 0.4) is 0 Å².